The van der Waals surface area contributed by atoms with Crippen LogP contribution in [0.4, 0.5) is 0 Å². The Morgan fingerprint density at radius 2 is 2.18 bits per heavy atom. The molecule has 0 spiro atoms. The molecule has 4 heteroatoms. The second-order valence-corrected chi connectivity index (χ2v) is 4.95. The monoisotopic (exact) mass is 234 g/mol. The molecule has 0 unspecified atom stereocenters. The smallest absolute Gasteiger partial charge is 0.185 e. The van der Waals surface area contributed by atoms with Crippen molar-refractivity contribution in [3.63, 3.8) is 0 Å². The van der Waals surface area contributed by atoms with E-state index in [1.807, 2.05) is 13.0 Å². The van der Waals surface area contributed by atoms with Gasteiger partial charge >= 0.3 is 0 Å². The molecule has 0 aliphatic carbocycles. The Balaban J connectivity index is 1.92. The average Bonchev–Trinajstić information content (AvgIpc) is 2.82. The number of fused-ring (bicyclic) bond motifs is 3. The van der Waals surface area contributed by atoms with Crippen molar-refractivity contribution in [1.82, 2.24) is 0 Å². The van der Waals surface area contributed by atoms with Crippen molar-refractivity contribution < 1.29 is 19.3 Å². The van der Waals surface area contributed by atoms with Crippen molar-refractivity contribution in [3.8, 4) is 5.75 Å². The SMILES string of the molecule is C[C@@H]1O[C@H]2O[C@@H]1C[C@H]1OCc3c(O)ccc2c31. The zero-order chi connectivity index (χ0) is 11.6. The summed E-state index contributed by atoms with van der Waals surface area (Å²) in [5.41, 5.74) is 3.01. The summed E-state index contributed by atoms with van der Waals surface area (Å²) in [6, 6.07) is 3.59. The molecule has 0 radical (unpaired) electrons. The van der Waals surface area contributed by atoms with Crippen molar-refractivity contribution in [2.45, 2.75) is 44.6 Å². The predicted octanol–water partition coefficient (Wildman–Crippen LogP) is 2.17. The summed E-state index contributed by atoms with van der Waals surface area (Å²) in [6.07, 6.45) is 0.755. The van der Waals surface area contributed by atoms with Gasteiger partial charge in [0.15, 0.2) is 6.29 Å². The topological polar surface area (TPSA) is 47.9 Å². The standard InChI is InChI=1S/C13H14O4/c1-6-10-4-11-12-7(13(16-6)17-10)2-3-9(14)8(12)5-15-11/h2-3,6,10-11,13-14H,4-5H2,1H3/t6-,10+,11+,13-/m0/s1. The molecule has 4 nitrogen and oxygen atoms in total. The summed E-state index contributed by atoms with van der Waals surface area (Å²) in [4.78, 5) is 0. The largest absolute Gasteiger partial charge is 0.508 e. The van der Waals surface area contributed by atoms with Gasteiger partial charge in [0.05, 0.1) is 24.9 Å². The molecule has 3 heterocycles. The quantitative estimate of drug-likeness (QED) is 0.747. The maximum absolute atomic E-state index is 9.85. The minimum absolute atomic E-state index is 0.0495. The van der Waals surface area contributed by atoms with Gasteiger partial charge in [-0.15, -0.1) is 0 Å². The van der Waals surface area contributed by atoms with Gasteiger partial charge in [-0.1, -0.05) is 0 Å². The molecule has 3 aliphatic rings. The molecule has 4 atom stereocenters. The molecule has 4 rings (SSSR count). The molecule has 90 valence electrons. The van der Waals surface area contributed by atoms with Gasteiger partial charge in [0, 0.05) is 17.5 Å². The van der Waals surface area contributed by atoms with E-state index in [2.05, 4.69) is 0 Å². The number of benzene rings is 1. The van der Waals surface area contributed by atoms with E-state index in [1.165, 1.54) is 0 Å². The highest BCUT2D eigenvalue weighted by Gasteiger charge is 2.44. The zero-order valence-corrected chi connectivity index (χ0v) is 9.55. The highest BCUT2D eigenvalue weighted by atomic mass is 16.7. The number of hydrogen-bond donors (Lipinski definition) is 1. The number of hydrogen-bond acceptors (Lipinski definition) is 4. The molecule has 3 aliphatic heterocycles. The Morgan fingerprint density at radius 3 is 3.06 bits per heavy atom. The Bertz CT molecular complexity index is 485. The van der Waals surface area contributed by atoms with E-state index < -0.39 is 0 Å². The van der Waals surface area contributed by atoms with E-state index in [0.717, 1.165) is 23.1 Å². The van der Waals surface area contributed by atoms with Crippen LogP contribution in [0.25, 0.3) is 0 Å². The molecule has 0 amide bonds. The molecular formula is C13H14O4. The van der Waals surface area contributed by atoms with Crippen LogP contribution in [0.3, 0.4) is 0 Å². The van der Waals surface area contributed by atoms with Gasteiger partial charge in [-0.3, -0.25) is 0 Å². The maximum atomic E-state index is 9.85. The van der Waals surface area contributed by atoms with Crippen LogP contribution in [-0.4, -0.2) is 17.3 Å². The van der Waals surface area contributed by atoms with Crippen molar-refractivity contribution in [1.29, 1.82) is 0 Å². The Labute approximate surface area is 99.1 Å². The van der Waals surface area contributed by atoms with Gasteiger partial charge in [-0.05, 0) is 24.6 Å². The summed E-state index contributed by atoms with van der Waals surface area (Å²) >= 11 is 0. The number of ether oxygens (including phenoxy) is 3. The van der Waals surface area contributed by atoms with E-state index in [1.54, 1.807) is 6.07 Å². The van der Waals surface area contributed by atoms with Gasteiger partial charge in [-0.2, -0.15) is 0 Å². The molecule has 1 aromatic carbocycles. The second kappa shape index (κ2) is 3.22. The summed E-state index contributed by atoms with van der Waals surface area (Å²) in [7, 11) is 0. The summed E-state index contributed by atoms with van der Waals surface area (Å²) in [5, 5.41) is 9.85. The van der Waals surface area contributed by atoms with Crippen molar-refractivity contribution in [3.05, 3.63) is 28.8 Å². The lowest BCUT2D eigenvalue weighted by Crippen LogP contribution is -2.22. The van der Waals surface area contributed by atoms with Gasteiger partial charge in [0.2, 0.25) is 0 Å². The van der Waals surface area contributed by atoms with E-state index in [4.69, 9.17) is 14.2 Å². The molecule has 1 N–H and O–H groups in total. The highest BCUT2D eigenvalue weighted by molar-refractivity contribution is 5.48. The number of phenols is 1. The number of rotatable bonds is 0. The van der Waals surface area contributed by atoms with Crippen LogP contribution >= 0.6 is 0 Å². The fourth-order valence-corrected chi connectivity index (χ4v) is 3.05. The maximum Gasteiger partial charge on any atom is 0.185 e. The summed E-state index contributed by atoms with van der Waals surface area (Å²) < 4.78 is 17.5. The lowest BCUT2D eigenvalue weighted by Gasteiger charge is -2.19. The minimum Gasteiger partial charge on any atom is -0.508 e. The number of aromatic hydroxyl groups is 1. The third-order valence-corrected chi connectivity index (χ3v) is 3.98. The number of phenolic OH excluding ortho intramolecular Hbond substituents is 1. The summed E-state index contributed by atoms with van der Waals surface area (Å²) in [6.45, 7) is 2.53. The fourth-order valence-electron chi connectivity index (χ4n) is 3.05. The zero-order valence-electron chi connectivity index (χ0n) is 9.55. The van der Waals surface area contributed by atoms with Crippen molar-refractivity contribution in [2.75, 3.05) is 0 Å². The molecular weight excluding hydrogens is 220 g/mol. The summed E-state index contributed by atoms with van der Waals surface area (Å²) in [5.74, 6) is 0.317. The molecule has 0 aromatic heterocycles. The van der Waals surface area contributed by atoms with E-state index in [0.29, 0.717) is 12.4 Å². The Hall–Kier alpha value is -1.10. The Kier molecular flexibility index (Phi) is 1.87. The molecule has 1 aromatic rings. The van der Waals surface area contributed by atoms with Crippen LogP contribution in [0.5, 0.6) is 5.75 Å². The molecule has 0 saturated carbocycles. The lowest BCUT2D eigenvalue weighted by molar-refractivity contribution is -0.0675. The van der Waals surface area contributed by atoms with Crippen LogP contribution in [0.15, 0.2) is 12.1 Å². The van der Waals surface area contributed by atoms with E-state index in [-0.39, 0.29) is 24.6 Å². The second-order valence-electron chi connectivity index (χ2n) is 4.95. The van der Waals surface area contributed by atoms with E-state index >= 15 is 0 Å². The van der Waals surface area contributed by atoms with Crippen LogP contribution in [0.1, 0.15) is 42.4 Å². The first-order valence-electron chi connectivity index (χ1n) is 6.01. The first-order chi connectivity index (χ1) is 8.24. The predicted molar refractivity (Wildman–Crippen MR) is 58.4 cm³/mol. The third kappa shape index (κ3) is 1.23. The van der Waals surface area contributed by atoms with Gasteiger partial charge in [-0.25, -0.2) is 0 Å². The minimum atomic E-state index is -0.295. The molecule has 17 heavy (non-hydrogen) atoms. The third-order valence-electron chi connectivity index (χ3n) is 3.98. The van der Waals surface area contributed by atoms with Crippen LogP contribution in [-0.2, 0) is 20.8 Å². The van der Waals surface area contributed by atoms with Crippen molar-refractivity contribution in [2.24, 2.45) is 0 Å². The molecule has 1 saturated heterocycles. The van der Waals surface area contributed by atoms with Crippen LogP contribution in [0.2, 0.25) is 0 Å². The van der Waals surface area contributed by atoms with Crippen molar-refractivity contribution >= 4 is 0 Å². The highest BCUT2D eigenvalue weighted by Crippen LogP contribution is 2.49. The molecule has 2 bridgehead atoms. The first-order valence-corrected chi connectivity index (χ1v) is 6.01. The van der Waals surface area contributed by atoms with Crippen LogP contribution < -0.4 is 0 Å². The average molecular weight is 234 g/mol. The normalized spacial score (nSPS) is 37.9. The fraction of sp³-hybridized carbons (Fsp3) is 0.538. The molecule has 1 fully saturated rings. The Morgan fingerprint density at radius 1 is 1.29 bits per heavy atom. The van der Waals surface area contributed by atoms with Crippen LogP contribution in [0, 0.1) is 0 Å². The van der Waals surface area contributed by atoms with Gasteiger partial charge < -0.3 is 19.3 Å². The van der Waals surface area contributed by atoms with Gasteiger partial charge in [0.1, 0.15) is 5.75 Å². The first kappa shape index (κ1) is 9.88. The van der Waals surface area contributed by atoms with Gasteiger partial charge in [0.25, 0.3) is 0 Å². The lowest BCUT2D eigenvalue weighted by atomic mass is 9.94. The van der Waals surface area contributed by atoms with E-state index in [9.17, 15) is 5.11 Å².